The molecule has 0 fully saturated rings. The smallest absolute Gasteiger partial charge is 0.233 e. The van der Waals surface area contributed by atoms with Gasteiger partial charge in [-0.05, 0) is 47.2 Å². The van der Waals surface area contributed by atoms with Crippen LogP contribution in [0.4, 0.5) is 17.1 Å². The molecule has 2 N–H and O–H groups in total. The molecule has 0 saturated carbocycles. The summed E-state index contributed by atoms with van der Waals surface area (Å²) in [6.45, 7) is 11.9. The first-order chi connectivity index (χ1) is 13.2. The molecule has 0 aromatic heterocycles. The van der Waals surface area contributed by atoms with Crippen molar-refractivity contribution in [3.05, 3.63) is 59.5 Å². The Hall–Kier alpha value is -2.49. The van der Waals surface area contributed by atoms with E-state index >= 15 is 0 Å². The van der Waals surface area contributed by atoms with E-state index < -0.39 is 0 Å². The van der Waals surface area contributed by atoms with Gasteiger partial charge in [0.1, 0.15) is 6.17 Å². The van der Waals surface area contributed by atoms with Crippen LogP contribution in [0.1, 0.15) is 51.7 Å². The van der Waals surface area contributed by atoms with Crippen molar-refractivity contribution in [1.29, 1.82) is 0 Å². The third-order valence-electron chi connectivity index (χ3n) is 6.50. The van der Waals surface area contributed by atoms with Crippen LogP contribution in [0.25, 0.3) is 0 Å². The van der Waals surface area contributed by atoms with E-state index in [0.29, 0.717) is 6.42 Å². The minimum absolute atomic E-state index is 0.0512. The summed E-state index contributed by atoms with van der Waals surface area (Å²) in [5, 5.41) is 0. The number of hydrogen-bond donors (Lipinski definition) is 1. The first kappa shape index (κ1) is 18.9. The quantitative estimate of drug-likeness (QED) is 0.787. The summed E-state index contributed by atoms with van der Waals surface area (Å²) >= 11 is 0. The second kappa shape index (κ2) is 6.54. The molecule has 2 heterocycles. The molecule has 2 aliphatic rings. The van der Waals surface area contributed by atoms with Crippen molar-refractivity contribution in [3.8, 4) is 0 Å². The van der Waals surface area contributed by atoms with Gasteiger partial charge in [0.05, 0.1) is 6.42 Å². The van der Waals surface area contributed by atoms with Gasteiger partial charge in [-0.2, -0.15) is 0 Å². The predicted molar refractivity (Wildman–Crippen MR) is 116 cm³/mol. The summed E-state index contributed by atoms with van der Waals surface area (Å²) in [5.74, 6) is 1.77. The van der Waals surface area contributed by atoms with Crippen LogP contribution in [0, 0.1) is 11.3 Å². The fourth-order valence-electron chi connectivity index (χ4n) is 4.87. The van der Waals surface area contributed by atoms with Crippen LogP contribution in [0.5, 0.6) is 0 Å². The van der Waals surface area contributed by atoms with Gasteiger partial charge in [-0.15, -0.1) is 0 Å². The lowest BCUT2D eigenvalue weighted by molar-refractivity contribution is -0.118. The highest BCUT2D eigenvalue weighted by molar-refractivity contribution is 6.02. The maximum absolute atomic E-state index is 13.2. The molecule has 1 radical (unpaired) electrons. The van der Waals surface area contributed by atoms with Gasteiger partial charge in [-0.3, -0.25) is 9.69 Å². The number of amides is 1. The lowest BCUT2D eigenvalue weighted by Gasteiger charge is -2.55. The van der Waals surface area contributed by atoms with Gasteiger partial charge in [0.2, 0.25) is 5.91 Å². The number of nitrogens with zero attached hydrogens (tertiary/aromatic N) is 2. The Morgan fingerprint density at radius 2 is 1.86 bits per heavy atom. The van der Waals surface area contributed by atoms with E-state index in [2.05, 4.69) is 63.8 Å². The molecule has 2 unspecified atom stereocenters. The molecule has 0 saturated heterocycles. The zero-order valence-corrected chi connectivity index (χ0v) is 17.5. The minimum Gasteiger partial charge on any atom is -0.399 e. The highest BCUT2D eigenvalue weighted by atomic mass is 16.2. The van der Waals surface area contributed by atoms with Crippen LogP contribution in [0.2, 0.25) is 0 Å². The largest absolute Gasteiger partial charge is 0.399 e. The Kier molecular flexibility index (Phi) is 4.40. The monoisotopic (exact) mass is 376 g/mol. The zero-order chi connectivity index (χ0) is 20.2. The molecule has 1 amide bonds. The van der Waals surface area contributed by atoms with Crippen molar-refractivity contribution in [2.75, 3.05) is 22.1 Å². The van der Waals surface area contributed by atoms with Crippen LogP contribution in [-0.2, 0) is 11.2 Å². The Balaban J connectivity index is 1.91. The lowest BCUT2D eigenvalue weighted by atomic mass is 9.69. The van der Waals surface area contributed by atoms with Crippen molar-refractivity contribution in [2.24, 2.45) is 5.41 Å². The third kappa shape index (κ3) is 2.78. The fraction of sp³-hybridized carbons (Fsp3) is 0.417. The van der Waals surface area contributed by atoms with Gasteiger partial charge >= 0.3 is 0 Å². The maximum atomic E-state index is 13.2. The van der Waals surface area contributed by atoms with Crippen LogP contribution in [0.3, 0.4) is 0 Å². The molecule has 0 spiro atoms. The fourth-order valence-corrected chi connectivity index (χ4v) is 4.87. The highest BCUT2D eigenvalue weighted by Gasteiger charge is 2.51. The molecule has 28 heavy (non-hydrogen) atoms. The second-order valence-corrected chi connectivity index (χ2v) is 9.14. The number of para-hydroxylation sites is 1. The van der Waals surface area contributed by atoms with Gasteiger partial charge in [0, 0.05) is 29.0 Å². The minimum atomic E-state index is -0.149. The highest BCUT2D eigenvalue weighted by Crippen LogP contribution is 2.52. The number of rotatable bonds is 3. The number of benzene rings is 2. The Labute approximate surface area is 168 Å². The topological polar surface area (TPSA) is 49.6 Å². The summed E-state index contributed by atoms with van der Waals surface area (Å²) in [6.07, 6.45) is 0.429. The number of nitrogens with two attached hydrogens (primary N) is 1. The Bertz CT molecular complexity index is 918. The lowest BCUT2D eigenvalue weighted by Crippen LogP contribution is -2.62. The van der Waals surface area contributed by atoms with Crippen molar-refractivity contribution >= 4 is 23.0 Å². The normalized spacial score (nSPS) is 23.1. The number of carbonyl (C=O) groups is 1. The van der Waals surface area contributed by atoms with Gasteiger partial charge in [-0.1, -0.05) is 52.8 Å². The number of anilines is 3. The van der Waals surface area contributed by atoms with Crippen molar-refractivity contribution < 1.29 is 4.79 Å². The molecule has 4 nitrogen and oxygen atoms in total. The summed E-state index contributed by atoms with van der Waals surface area (Å²) in [4.78, 5) is 17.7. The SMILES string of the molecule is C[C](C)CN1c2ccc(N)cc2C(C)C(C)(C)C1N1C(=O)Cc2ccccc21. The number of hydrogen-bond acceptors (Lipinski definition) is 3. The van der Waals surface area contributed by atoms with Gasteiger partial charge in [0.15, 0.2) is 0 Å². The Morgan fingerprint density at radius 3 is 2.57 bits per heavy atom. The number of nitrogen functional groups attached to an aromatic ring is 1. The first-order valence-corrected chi connectivity index (χ1v) is 10.1. The van der Waals surface area contributed by atoms with Crippen LogP contribution in [-0.4, -0.2) is 18.6 Å². The van der Waals surface area contributed by atoms with E-state index in [9.17, 15) is 4.79 Å². The van der Waals surface area contributed by atoms with Crippen LogP contribution < -0.4 is 15.5 Å². The van der Waals surface area contributed by atoms with E-state index in [1.165, 1.54) is 17.2 Å². The van der Waals surface area contributed by atoms with Crippen molar-refractivity contribution in [3.63, 3.8) is 0 Å². The number of fused-ring (bicyclic) bond motifs is 2. The molecular weight excluding hydrogens is 346 g/mol. The molecule has 0 aliphatic carbocycles. The molecule has 2 aromatic carbocycles. The number of carbonyl (C=O) groups excluding carboxylic acids is 1. The van der Waals surface area contributed by atoms with E-state index in [1.807, 2.05) is 23.1 Å². The molecule has 4 heteroatoms. The third-order valence-corrected chi connectivity index (χ3v) is 6.50. The Morgan fingerprint density at radius 1 is 1.14 bits per heavy atom. The average molecular weight is 377 g/mol. The van der Waals surface area contributed by atoms with E-state index in [0.717, 1.165) is 23.5 Å². The van der Waals surface area contributed by atoms with Gasteiger partial charge in [-0.25, -0.2) is 0 Å². The zero-order valence-electron chi connectivity index (χ0n) is 17.5. The molecular formula is C24H30N3O. The molecule has 2 aliphatic heterocycles. The van der Waals surface area contributed by atoms with Crippen LogP contribution >= 0.6 is 0 Å². The van der Waals surface area contributed by atoms with Crippen LogP contribution in [0.15, 0.2) is 42.5 Å². The first-order valence-electron chi connectivity index (χ1n) is 10.1. The van der Waals surface area contributed by atoms with E-state index in [1.54, 1.807) is 0 Å². The average Bonchev–Trinajstić information content (AvgIpc) is 2.95. The summed E-state index contributed by atoms with van der Waals surface area (Å²) in [7, 11) is 0. The van der Waals surface area contributed by atoms with E-state index in [4.69, 9.17) is 5.73 Å². The van der Waals surface area contributed by atoms with E-state index in [-0.39, 0.29) is 23.4 Å². The molecule has 147 valence electrons. The molecule has 2 aromatic rings. The van der Waals surface area contributed by atoms with Crippen molar-refractivity contribution in [2.45, 2.75) is 53.1 Å². The molecule has 0 bridgehead atoms. The van der Waals surface area contributed by atoms with Gasteiger partial charge < -0.3 is 10.6 Å². The van der Waals surface area contributed by atoms with Gasteiger partial charge in [0.25, 0.3) is 0 Å². The summed E-state index contributed by atoms with van der Waals surface area (Å²) in [6, 6.07) is 14.4. The second-order valence-electron chi connectivity index (χ2n) is 9.14. The summed E-state index contributed by atoms with van der Waals surface area (Å²) < 4.78 is 0. The van der Waals surface area contributed by atoms with Crippen molar-refractivity contribution in [1.82, 2.24) is 0 Å². The molecule has 2 atom stereocenters. The maximum Gasteiger partial charge on any atom is 0.233 e. The summed E-state index contributed by atoms with van der Waals surface area (Å²) in [5.41, 5.74) is 11.4. The molecule has 4 rings (SSSR count). The standard InChI is InChI=1S/C24H30N3O/c1-15(2)14-26-21-11-10-18(25)13-19(21)16(3)24(4,5)23(26)27-20-9-7-6-8-17(20)12-22(27)28/h6-11,13,16,23H,12,14,25H2,1-5H3. The predicted octanol–water partition coefficient (Wildman–Crippen LogP) is 4.75.